The third-order valence-corrected chi connectivity index (χ3v) is 3.44. The molecule has 1 saturated carbocycles. The van der Waals surface area contributed by atoms with Gasteiger partial charge in [-0.1, -0.05) is 0 Å². The van der Waals surface area contributed by atoms with Crippen molar-refractivity contribution in [3.8, 4) is 29.6 Å². The van der Waals surface area contributed by atoms with Gasteiger partial charge in [-0.2, -0.15) is 0 Å². The molecule has 0 bridgehead atoms. The minimum Gasteiger partial charge on any atom is -0.493 e. The van der Waals surface area contributed by atoms with Gasteiger partial charge in [0, 0.05) is 30.6 Å². The fourth-order valence-electron chi connectivity index (χ4n) is 2.14. The lowest BCUT2D eigenvalue weighted by molar-refractivity contribution is 0.173. The van der Waals surface area contributed by atoms with Gasteiger partial charge in [-0.3, -0.25) is 0 Å². The molecular formula is C16H19NO3. The number of rotatable bonds is 7. The number of hydrogen-bond donors (Lipinski definition) is 1. The summed E-state index contributed by atoms with van der Waals surface area (Å²) in [4.78, 5) is 0. The first kappa shape index (κ1) is 13.1. The Hall–Kier alpha value is -1.86. The molecule has 2 aliphatic rings. The van der Waals surface area contributed by atoms with Gasteiger partial charge in [0.2, 0.25) is 6.79 Å². The van der Waals surface area contributed by atoms with Crippen LogP contribution < -0.4 is 19.5 Å². The van der Waals surface area contributed by atoms with E-state index >= 15 is 0 Å². The maximum atomic E-state index is 5.85. The molecule has 1 aliphatic heterocycles. The molecule has 1 aliphatic carbocycles. The van der Waals surface area contributed by atoms with Crippen molar-refractivity contribution in [3.63, 3.8) is 0 Å². The molecule has 0 spiro atoms. The first-order valence-corrected chi connectivity index (χ1v) is 7.09. The van der Waals surface area contributed by atoms with Crippen molar-refractivity contribution >= 4 is 0 Å². The number of benzene rings is 1. The molecule has 20 heavy (non-hydrogen) atoms. The van der Waals surface area contributed by atoms with Crippen LogP contribution in [0.25, 0.3) is 0 Å². The van der Waals surface area contributed by atoms with E-state index in [1.807, 2.05) is 12.1 Å². The van der Waals surface area contributed by atoms with Crippen LogP contribution in [0.1, 0.15) is 31.2 Å². The van der Waals surface area contributed by atoms with E-state index in [0.717, 1.165) is 42.2 Å². The molecule has 1 heterocycles. The molecule has 3 rings (SSSR count). The number of unbranched alkanes of at least 4 members (excludes halogenated alkanes) is 1. The van der Waals surface area contributed by atoms with Gasteiger partial charge in [0.05, 0.1) is 6.61 Å². The lowest BCUT2D eigenvalue weighted by Gasteiger charge is -2.13. The fourth-order valence-corrected chi connectivity index (χ4v) is 2.14. The Morgan fingerprint density at radius 1 is 1.30 bits per heavy atom. The Morgan fingerprint density at radius 3 is 2.85 bits per heavy atom. The van der Waals surface area contributed by atoms with Crippen molar-refractivity contribution in [2.45, 2.75) is 38.3 Å². The lowest BCUT2D eigenvalue weighted by atomic mass is 10.1. The molecule has 0 atom stereocenters. The number of hydrogen-bond acceptors (Lipinski definition) is 4. The molecule has 0 radical (unpaired) electrons. The van der Waals surface area contributed by atoms with E-state index in [4.69, 9.17) is 20.6 Å². The highest BCUT2D eigenvalue weighted by Gasteiger charge is 2.22. The van der Waals surface area contributed by atoms with Crippen LogP contribution >= 0.6 is 0 Å². The van der Waals surface area contributed by atoms with Crippen molar-refractivity contribution < 1.29 is 14.2 Å². The maximum Gasteiger partial charge on any atom is 0.231 e. The van der Waals surface area contributed by atoms with Crippen LogP contribution in [-0.4, -0.2) is 19.4 Å². The average molecular weight is 273 g/mol. The highest BCUT2D eigenvalue weighted by atomic mass is 16.7. The van der Waals surface area contributed by atoms with E-state index in [1.165, 1.54) is 12.8 Å². The average Bonchev–Trinajstić information content (AvgIpc) is 3.18. The summed E-state index contributed by atoms with van der Waals surface area (Å²) in [5, 5.41) is 3.50. The second-order valence-electron chi connectivity index (χ2n) is 5.12. The number of nitrogens with one attached hydrogen (secondary N) is 1. The summed E-state index contributed by atoms with van der Waals surface area (Å²) in [6, 6.07) is 4.59. The topological polar surface area (TPSA) is 39.7 Å². The summed E-state index contributed by atoms with van der Waals surface area (Å²) >= 11 is 0. The zero-order chi connectivity index (χ0) is 13.8. The standard InChI is InChI=1S/C16H19NO3/c1-2-3-4-7-18-14-9-16-15(19-11-20-16)8-12(14)10-17-13-5-6-13/h1,8-9,13,17H,3-7,10-11H2. The van der Waals surface area contributed by atoms with E-state index < -0.39 is 0 Å². The van der Waals surface area contributed by atoms with Gasteiger partial charge < -0.3 is 19.5 Å². The molecule has 0 saturated heterocycles. The first-order chi connectivity index (χ1) is 9.86. The van der Waals surface area contributed by atoms with Gasteiger partial charge in [-0.15, -0.1) is 12.3 Å². The lowest BCUT2D eigenvalue weighted by Crippen LogP contribution is -2.16. The third-order valence-electron chi connectivity index (χ3n) is 3.44. The summed E-state index contributed by atoms with van der Waals surface area (Å²) < 4.78 is 16.7. The molecule has 4 nitrogen and oxygen atoms in total. The van der Waals surface area contributed by atoms with Crippen molar-refractivity contribution in [1.29, 1.82) is 0 Å². The maximum absolute atomic E-state index is 5.85. The van der Waals surface area contributed by atoms with Crippen LogP contribution in [0, 0.1) is 12.3 Å². The summed E-state index contributed by atoms with van der Waals surface area (Å²) in [5.41, 5.74) is 1.11. The Balaban J connectivity index is 1.68. The third kappa shape index (κ3) is 3.17. The van der Waals surface area contributed by atoms with Gasteiger partial charge in [-0.05, 0) is 25.3 Å². The minimum atomic E-state index is 0.283. The first-order valence-electron chi connectivity index (χ1n) is 7.09. The summed E-state index contributed by atoms with van der Waals surface area (Å²) in [5.74, 6) is 5.04. The zero-order valence-electron chi connectivity index (χ0n) is 11.5. The molecule has 0 aromatic heterocycles. The Kier molecular flexibility index (Phi) is 3.98. The van der Waals surface area contributed by atoms with E-state index in [0.29, 0.717) is 12.6 Å². The second kappa shape index (κ2) is 6.06. The van der Waals surface area contributed by atoms with Crippen LogP contribution in [0.4, 0.5) is 0 Å². The SMILES string of the molecule is C#CCCCOc1cc2c(cc1CNC1CC1)OCO2. The predicted octanol–water partition coefficient (Wildman–Crippen LogP) is 2.46. The summed E-state index contributed by atoms with van der Waals surface area (Å²) in [6.45, 7) is 1.71. The molecule has 0 unspecified atom stereocenters. The van der Waals surface area contributed by atoms with E-state index in [2.05, 4.69) is 11.2 Å². The van der Waals surface area contributed by atoms with Gasteiger partial charge in [0.25, 0.3) is 0 Å². The minimum absolute atomic E-state index is 0.283. The highest BCUT2D eigenvalue weighted by Crippen LogP contribution is 2.38. The fraction of sp³-hybridized carbons (Fsp3) is 0.500. The molecule has 1 fully saturated rings. The van der Waals surface area contributed by atoms with Crippen LogP contribution in [-0.2, 0) is 6.54 Å². The molecule has 1 aromatic rings. The van der Waals surface area contributed by atoms with E-state index in [9.17, 15) is 0 Å². The number of fused-ring (bicyclic) bond motifs is 1. The smallest absolute Gasteiger partial charge is 0.231 e. The van der Waals surface area contributed by atoms with Crippen molar-refractivity contribution in [1.82, 2.24) is 5.32 Å². The molecule has 1 N–H and O–H groups in total. The molecule has 4 heteroatoms. The largest absolute Gasteiger partial charge is 0.493 e. The molecule has 0 amide bonds. The second-order valence-corrected chi connectivity index (χ2v) is 5.12. The Morgan fingerprint density at radius 2 is 2.10 bits per heavy atom. The van der Waals surface area contributed by atoms with Crippen LogP contribution in [0.2, 0.25) is 0 Å². The number of terminal acetylenes is 1. The Bertz CT molecular complexity index is 517. The van der Waals surface area contributed by atoms with E-state index in [1.54, 1.807) is 0 Å². The summed E-state index contributed by atoms with van der Waals surface area (Å²) in [7, 11) is 0. The van der Waals surface area contributed by atoms with Crippen LogP contribution in [0.15, 0.2) is 12.1 Å². The van der Waals surface area contributed by atoms with Gasteiger partial charge >= 0.3 is 0 Å². The van der Waals surface area contributed by atoms with E-state index in [-0.39, 0.29) is 6.79 Å². The van der Waals surface area contributed by atoms with Crippen LogP contribution in [0.3, 0.4) is 0 Å². The van der Waals surface area contributed by atoms with Gasteiger partial charge in [0.1, 0.15) is 5.75 Å². The normalized spacial score (nSPS) is 15.9. The zero-order valence-corrected chi connectivity index (χ0v) is 11.5. The van der Waals surface area contributed by atoms with Crippen molar-refractivity contribution in [2.24, 2.45) is 0 Å². The predicted molar refractivity (Wildman–Crippen MR) is 76.0 cm³/mol. The quantitative estimate of drug-likeness (QED) is 0.612. The molecule has 106 valence electrons. The summed E-state index contributed by atoms with van der Waals surface area (Å²) in [6.07, 6.45) is 9.38. The van der Waals surface area contributed by atoms with Crippen LogP contribution in [0.5, 0.6) is 17.2 Å². The molecule has 1 aromatic carbocycles. The van der Waals surface area contributed by atoms with Gasteiger partial charge in [0.15, 0.2) is 11.5 Å². The monoisotopic (exact) mass is 273 g/mol. The highest BCUT2D eigenvalue weighted by molar-refractivity contribution is 5.51. The van der Waals surface area contributed by atoms with Gasteiger partial charge in [-0.25, -0.2) is 0 Å². The Labute approximate surface area is 119 Å². The number of ether oxygens (including phenoxy) is 3. The van der Waals surface area contributed by atoms with Crippen molar-refractivity contribution in [2.75, 3.05) is 13.4 Å². The van der Waals surface area contributed by atoms with Crippen molar-refractivity contribution in [3.05, 3.63) is 17.7 Å². The molecular weight excluding hydrogens is 254 g/mol.